The molecule has 0 spiro atoms. The Balaban J connectivity index is 1.95. The van der Waals surface area contributed by atoms with E-state index in [0.717, 1.165) is 11.3 Å². The zero-order chi connectivity index (χ0) is 14.5. The minimum atomic E-state index is -0.0309. The molecule has 0 heterocycles. The molecule has 0 aromatic heterocycles. The standard InChI is InChI=1S/C16H17ClN2O/c1-11(12-5-7-14(18)8-6-12)9-16(20)19-15-4-2-3-13(17)10-15/h2-8,10-11H,9,18H2,1H3,(H,19,20). The Morgan fingerprint density at radius 1 is 1.25 bits per heavy atom. The van der Waals surface area contributed by atoms with Crippen molar-refractivity contribution >= 4 is 28.9 Å². The summed E-state index contributed by atoms with van der Waals surface area (Å²) in [5, 5.41) is 3.45. The van der Waals surface area contributed by atoms with E-state index < -0.39 is 0 Å². The Bertz CT molecular complexity index is 596. The van der Waals surface area contributed by atoms with Gasteiger partial charge in [0, 0.05) is 22.8 Å². The van der Waals surface area contributed by atoms with E-state index >= 15 is 0 Å². The molecule has 0 aliphatic carbocycles. The molecule has 1 atom stereocenters. The van der Waals surface area contributed by atoms with Crippen molar-refractivity contribution in [1.82, 2.24) is 0 Å². The quantitative estimate of drug-likeness (QED) is 0.834. The third kappa shape index (κ3) is 4.00. The van der Waals surface area contributed by atoms with Gasteiger partial charge in [0.05, 0.1) is 0 Å². The molecule has 1 unspecified atom stereocenters. The molecule has 104 valence electrons. The Labute approximate surface area is 123 Å². The van der Waals surface area contributed by atoms with Crippen molar-refractivity contribution in [3.63, 3.8) is 0 Å². The number of amides is 1. The maximum Gasteiger partial charge on any atom is 0.224 e. The monoisotopic (exact) mass is 288 g/mol. The fourth-order valence-corrected chi connectivity index (χ4v) is 2.19. The van der Waals surface area contributed by atoms with Gasteiger partial charge in [-0.2, -0.15) is 0 Å². The van der Waals surface area contributed by atoms with Crippen LogP contribution < -0.4 is 11.1 Å². The second-order valence-corrected chi connectivity index (χ2v) is 5.27. The molecule has 0 aliphatic heterocycles. The first-order chi connectivity index (χ1) is 9.54. The molecule has 0 saturated carbocycles. The molecule has 1 amide bonds. The van der Waals surface area contributed by atoms with E-state index in [4.69, 9.17) is 17.3 Å². The van der Waals surface area contributed by atoms with Crippen molar-refractivity contribution in [1.29, 1.82) is 0 Å². The zero-order valence-corrected chi connectivity index (χ0v) is 12.0. The van der Waals surface area contributed by atoms with Gasteiger partial charge in [0.1, 0.15) is 0 Å². The number of hydrogen-bond acceptors (Lipinski definition) is 2. The summed E-state index contributed by atoms with van der Waals surface area (Å²) in [6, 6.07) is 14.7. The number of anilines is 2. The molecule has 2 rings (SSSR count). The lowest BCUT2D eigenvalue weighted by molar-refractivity contribution is -0.116. The van der Waals surface area contributed by atoms with Crippen LogP contribution in [0.5, 0.6) is 0 Å². The van der Waals surface area contributed by atoms with E-state index in [1.54, 1.807) is 18.2 Å². The van der Waals surface area contributed by atoms with Crippen LogP contribution in [0.2, 0.25) is 5.02 Å². The number of carbonyl (C=O) groups excluding carboxylic acids is 1. The minimum absolute atomic E-state index is 0.0309. The number of nitrogen functional groups attached to an aromatic ring is 1. The first-order valence-electron chi connectivity index (χ1n) is 6.45. The van der Waals surface area contributed by atoms with Crippen molar-refractivity contribution < 1.29 is 4.79 Å². The fourth-order valence-electron chi connectivity index (χ4n) is 2.00. The highest BCUT2D eigenvalue weighted by atomic mass is 35.5. The lowest BCUT2D eigenvalue weighted by Gasteiger charge is -2.12. The predicted octanol–water partition coefficient (Wildman–Crippen LogP) is 4.05. The predicted molar refractivity (Wildman–Crippen MR) is 84.0 cm³/mol. The molecule has 0 fully saturated rings. The average molecular weight is 289 g/mol. The van der Waals surface area contributed by atoms with E-state index in [-0.39, 0.29) is 11.8 Å². The number of benzene rings is 2. The van der Waals surface area contributed by atoms with Crippen LogP contribution in [0.1, 0.15) is 24.8 Å². The largest absolute Gasteiger partial charge is 0.399 e. The molecule has 3 N–H and O–H groups in total. The number of nitrogens with two attached hydrogens (primary N) is 1. The number of hydrogen-bond donors (Lipinski definition) is 2. The first-order valence-corrected chi connectivity index (χ1v) is 6.83. The summed E-state index contributed by atoms with van der Waals surface area (Å²) in [4.78, 5) is 12.0. The summed E-state index contributed by atoms with van der Waals surface area (Å²) in [5.74, 6) is 0.103. The Hall–Kier alpha value is -2.00. The highest BCUT2D eigenvalue weighted by molar-refractivity contribution is 6.30. The average Bonchev–Trinajstić information content (AvgIpc) is 2.39. The van der Waals surface area contributed by atoms with Gasteiger partial charge >= 0.3 is 0 Å². The Kier molecular flexibility index (Phi) is 4.64. The lowest BCUT2D eigenvalue weighted by atomic mass is 9.97. The molecular formula is C16H17ClN2O. The van der Waals surface area contributed by atoms with Crippen LogP contribution in [0.15, 0.2) is 48.5 Å². The highest BCUT2D eigenvalue weighted by Crippen LogP contribution is 2.21. The van der Waals surface area contributed by atoms with Crippen molar-refractivity contribution in [2.45, 2.75) is 19.3 Å². The van der Waals surface area contributed by atoms with Gasteiger partial charge in [0.25, 0.3) is 0 Å². The van der Waals surface area contributed by atoms with Gasteiger partial charge < -0.3 is 11.1 Å². The fraction of sp³-hybridized carbons (Fsp3) is 0.188. The molecule has 0 saturated heterocycles. The summed E-state index contributed by atoms with van der Waals surface area (Å²) in [6.07, 6.45) is 0.413. The molecule has 0 aliphatic rings. The van der Waals surface area contributed by atoms with Gasteiger partial charge in [-0.3, -0.25) is 4.79 Å². The molecule has 0 radical (unpaired) electrons. The second-order valence-electron chi connectivity index (χ2n) is 4.83. The number of nitrogens with one attached hydrogen (secondary N) is 1. The number of carbonyl (C=O) groups is 1. The van der Waals surface area contributed by atoms with Gasteiger partial charge in [-0.1, -0.05) is 36.7 Å². The second kappa shape index (κ2) is 6.44. The molecule has 4 heteroatoms. The third-order valence-electron chi connectivity index (χ3n) is 3.11. The van der Waals surface area contributed by atoms with Crippen LogP contribution in [-0.4, -0.2) is 5.91 Å². The van der Waals surface area contributed by atoms with Crippen molar-refractivity contribution in [3.05, 3.63) is 59.1 Å². The minimum Gasteiger partial charge on any atom is -0.399 e. The summed E-state index contributed by atoms with van der Waals surface area (Å²) >= 11 is 5.88. The van der Waals surface area contributed by atoms with E-state index in [9.17, 15) is 4.79 Å². The molecular weight excluding hydrogens is 272 g/mol. The van der Waals surface area contributed by atoms with Crippen LogP contribution in [-0.2, 0) is 4.79 Å². The third-order valence-corrected chi connectivity index (χ3v) is 3.34. The van der Waals surface area contributed by atoms with Crippen LogP contribution in [0, 0.1) is 0 Å². The summed E-state index contributed by atoms with van der Waals surface area (Å²) in [5.41, 5.74) is 8.19. The number of halogens is 1. The van der Waals surface area contributed by atoms with Gasteiger partial charge in [-0.25, -0.2) is 0 Å². The van der Waals surface area contributed by atoms with Crippen molar-refractivity contribution in [2.24, 2.45) is 0 Å². The van der Waals surface area contributed by atoms with E-state index in [1.165, 1.54) is 0 Å². The van der Waals surface area contributed by atoms with Crippen molar-refractivity contribution in [2.75, 3.05) is 11.1 Å². The van der Waals surface area contributed by atoms with E-state index in [1.807, 2.05) is 37.3 Å². The van der Waals surface area contributed by atoms with Crippen LogP contribution in [0.25, 0.3) is 0 Å². The van der Waals surface area contributed by atoms with Crippen LogP contribution >= 0.6 is 11.6 Å². The van der Waals surface area contributed by atoms with Gasteiger partial charge in [-0.05, 0) is 41.8 Å². The van der Waals surface area contributed by atoms with Gasteiger partial charge in [0.15, 0.2) is 0 Å². The molecule has 2 aromatic rings. The Morgan fingerprint density at radius 3 is 2.60 bits per heavy atom. The molecule has 0 bridgehead atoms. The lowest BCUT2D eigenvalue weighted by Crippen LogP contribution is -2.14. The van der Waals surface area contributed by atoms with Crippen LogP contribution in [0.3, 0.4) is 0 Å². The smallest absolute Gasteiger partial charge is 0.224 e. The van der Waals surface area contributed by atoms with Crippen molar-refractivity contribution in [3.8, 4) is 0 Å². The number of rotatable bonds is 4. The first kappa shape index (κ1) is 14.4. The van der Waals surface area contributed by atoms with E-state index in [2.05, 4.69) is 5.32 Å². The highest BCUT2D eigenvalue weighted by Gasteiger charge is 2.11. The normalized spacial score (nSPS) is 11.9. The van der Waals surface area contributed by atoms with Gasteiger partial charge in [-0.15, -0.1) is 0 Å². The molecule has 2 aromatic carbocycles. The van der Waals surface area contributed by atoms with E-state index in [0.29, 0.717) is 17.1 Å². The molecule has 20 heavy (non-hydrogen) atoms. The summed E-state index contributed by atoms with van der Waals surface area (Å²) < 4.78 is 0. The SMILES string of the molecule is CC(CC(=O)Nc1cccc(Cl)c1)c1ccc(N)cc1. The summed E-state index contributed by atoms with van der Waals surface area (Å²) in [6.45, 7) is 2.02. The van der Waals surface area contributed by atoms with Gasteiger partial charge in [0.2, 0.25) is 5.91 Å². The maximum atomic E-state index is 12.0. The topological polar surface area (TPSA) is 55.1 Å². The molecule has 3 nitrogen and oxygen atoms in total. The maximum absolute atomic E-state index is 12.0. The summed E-state index contributed by atoms with van der Waals surface area (Å²) in [7, 11) is 0. The Morgan fingerprint density at radius 2 is 1.95 bits per heavy atom. The van der Waals surface area contributed by atoms with Crippen LogP contribution in [0.4, 0.5) is 11.4 Å². The zero-order valence-electron chi connectivity index (χ0n) is 11.3.